The highest BCUT2D eigenvalue weighted by Crippen LogP contribution is 2.17. The largest absolute Gasteiger partial charge is 0.482 e. The maximum absolute atomic E-state index is 12.7. The molecule has 0 aromatic heterocycles. The van der Waals surface area contributed by atoms with Gasteiger partial charge < -0.3 is 20.5 Å². The molecule has 2 amide bonds. The molecule has 0 spiro atoms. The molecule has 1 unspecified atom stereocenters. The van der Waals surface area contributed by atoms with E-state index in [0.29, 0.717) is 17.0 Å². The van der Waals surface area contributed by atoms with E-state index in [-0.39, 0.29) is 17.7 Å². The third-order valence-electron chi connectivity index (χ3n) is 4.00. The Labute approximate surface area is 163 Å². The van der Waals surface area contributed by atoms with Crippen LogP contribution in [0, 0.1) is 12.8 Å². The van der Waals surface area contributed by atoms with Crippen LogP contribution in [-0.4, -0.2) is 35.5 Å². The van der Waals surface area contributed by atoms with Gasteiger partial charge in [0.1, 0.15) is 11.8 Å². The van der Waals surface area contributed by atoms with Crippen molar-refractivity contribution in [2.24, 2.45) is 5.92 Å². The second-order valence-corrected chi connectivity index (χ2v) is 6.76. The van der Waals surface area contributed by atoms with Gasteiger partial charge in [0.05, 0.1) is 0 Å². The second kappa shape index (κ2) is 9.55. The summed E-state index contributed by atoms with van der Waals surface area (Å²) in [6.45, 7) is 5.16. The molecule has 2 aromatic rings. The molecule has 0 bridgehead atoms. The minimum Gasteiger partial charge on any atom is -0.482 e. The molecule has 7 nitrogen and oxygen atoms in total. The Kier molecular flexibility index (Phi) is 7.14. The second-order valence-electron chi connectivity index (χ2n) is 6.76. The molecule has 0 aliphatic carbocycles. The molecule has 0 heterocycles. The Bertz CT molecular complexity index is 846. The van der Waals surface area contributed by atoms with Gasteiger partial charge in [-0.3, -0.25) is 9.59 Å². The lowest BCUT2D eigenvalue weighted by atomic mass is 10.0. The number of carbonyl (C=O) groups is 3. The van der Waals surface area contributed by atoms with Crippen molar-refractivity contribution < 1.29 is 24.2 Å². The average molecular weight is 384 g/mol. The van der Waals surface area contributed by atoms with Crippen molar-refractivity contribution in [1.82, 2.24) is 5.32 Å². The molecule has 2 rings (SSSR count). The monoisotopic (exact) mass is 384 g/mol. The standard InChI is InChI=1S/C21H24N2O5/c1-13(2)19(23-20(26)15-6-4-5-14(3)11-15)21(27)22-16-7-9-17(10-8-16)28-12-18(24)25/h4-11,13,19H,12H2,1-3H3,(H,22,27)(H,23,26)(H,24,25). The smallest absolute Gasteiger partial charge is 0.341 e. The molecule has 148 valence electrons. The molecule has 7 heteroatoms. The van der Waals surface area contributed by atoms with E-state index in [1.54, 1.807) is 42.5 Å². The van der Waals surface area contributed by atoms with Crippen LogP contribution in [0.25, 0.3) is 0 Å². The topological polar surface area (TPSA) is 105 Å². The van der Waals surface area contributed by atoms with E-state index in [9.17, 15) is 14.4 Å². The third kappa shape index (κ3) is 6.12. The molecular weight excluding hydrogens is 360 g/mol. The number of carboxylic acid groups (broad SMARTS) is 1. The maximum atomic E-state index is 12.7. The van der Waals surface area contributed by atoms with Crippen LogP contribution >= 0.6 is 0 Å². The minimum absolute atomic E-state index is 0.119. The van der Waals surface area contributed by atoms with Gasteiger partial charge in [-0.05, 0) is 49.2 Å². The molecule has 1 atom stereocenters. The average Bonchev–Trinajstić information content (AvgIpc) is 2.65. The summed E-state index contributed by atoms with van der Waals surface area (Å²) < 4.78 is 5.06. The number of ether oxygens (including phenoxy) is 1. The highest BCUT2D eigenvalue weighted by molar-refractivity contribution is 6.01. The lowest BCUT2D eigenvalue weighted by molar-refractivity contribution is -0.139. The van der Waals surface area contributed by atoms with Crippen LogP contribution in [0.3, 0.4) is 0 Å². The number of aryl methyl sites for hydroxylation is 1. The molecule has 0 aliphatic heterocycles. The summed E-state index contributed by atoms with van der Waals surface area (Å²) in [6, 6.07) is 12.8. The van der Waals surface area contributed by atoms with Crippen LogP contribution in [0.5, 0.6) is 5.75 Å². The zero-order chi connectivity index (χ0) is 20.7. The molecule has 0 radical (unpaired) electrons. The highest BCUT2D eigenvalue weighted by atomic mass is 16.5. The summed E-state index contributed by atoms with van der Waals surface area (Å²) in [5.74, 6) is -1.45. The molecule has 0 aliphatic rings. The quantitative estimate of drug-likeness (QED) is 0.649. The number of benzene rings is 2. The zero-order valence-electron chi connectivity index (χ0n) is 16.1. The fraction of sp³-hybridized carbons (Fsp3) is 0.286. The van der Waals surface area contributed by atoms with Crippen molar-refractivity contribution in [2.45, 2.75) is 26.8 Å². The first kappa shape index (κ1) is 21.0. The SMILES string of the molecule is Cc1cccc(C(=O)NC(C(=O)Nc2ccc(OCC(=O)O)cc2)C(C)C)c1. The number of nitrogens with one attached hydrogen (secondary N) is 2. The van der Waals surface area contributed by atoms with Crippen LogP contribution in [0.2, 0.25) is 0 Å². The van der Waals surface area contributed by atoms with E-state index in [0.717, 1.165) is 5.56 Å². The van der Waals surface area contributed by atoms with Gasteiger partial charge in [-0.1, -0.05) is 31.5 Å². The summed E-state index contributed by atoms with van der Waals surface area (Å²) in [6.07, 6.45) is 0. The maximum Gasteiger partial charge on any atom is 0.341 e. The van der Waals surface area contributed by atoms with Gasteiger partial charge in [-0.25, -0.2) is 4.79 Å². The first-order valence-electron chi connectivity index (χ1n) is 8.89. The highest BCUT2D eigenvalue weighted by Gasteiger charge is 2.24. The number of hydrogen-bond donors (Lipinski definition) is 3. The van der Waals surface area contributed by atoms with Crippen LogP contribution in [0.1, 0.15) is 29.8 Å². The molecule has 28 heavy (non-hydrogen) atoms. The van der Waals surface area contributed by atoms with E-state index < -0.39 is 18.6 Å². The lowest BCUT2D eigenvalue weighted by Gasteiger charge is -2.22. The molecule has 0 saturated heterocycles. The van der Waals surface area contributed by atoms with E-state index in [1.807, 2.05) is 26.8 Å². The van der Waals surface area contributed by atoms with E-state index >= 15 is 0 Å². The van der Waals surface area contributed by atoms with Gasteiger partial charge in [0.25, 0.3) is 5.91 Å². The summed E-state index contributed by atoms with van der Waals surface area (Å²) in [5.41, 5.74) is 1.98. The van der Waals surface area contributed by atoms with Crippen LogP contribution in [0.4, 0.5) is 5.69 Å². The number of hydrogen-bond acceptors (Lipinski definition) is 4. The Morgan fingerprint density at radius 2 is 1.75 bits per heavy atom. The van der Waals surface area contributed by atoms with Crippen LogP contribution < -0.4 is 15.4 Å². The Balaban J connectivity index is 2.02. The van der Waals surface area contributed by atoms with Gasteiger partial charge in [0.15, 0.2) is 6.61 Å². The molecular formula is C21H24N2O5. The predicted octanol–water partition coefficient (Wildman–Crippen LogP) is 2.85. The Hall–Kier alpha value is -3.35. The number of amides is 2. The van der Waals surface area contributed by atoms with E-state index in [4.69, 9.17) is 9.84 Å². The van der Waals surface area contributed by atoms with Gasteiger partial charge >= 0.3 is 5.97 Å². The summed E-state index contributed by atoms with van der Waals surface area (Å²) in [4.78, 5) is 35.7. The normalized spacial score (nSPS) is 11.6. The van der Waals surface area contributed by atoms with Gasteiger partial charge in [0, 0.05) is 11.3 Å². The van der Waals surface area contributed by atoms with Crippen LogP contribution in [0.15, 0.2) is 48.5 Å². The van der Waals surface area contributed by atoms with Crippen molar-refractivity contribution in [3.05, 3.63) is 59.7 Å². The van der Waals surface area contributed by atoms with Gasteiger partial charge in [-0.15, -0.1) is 0 Å². The number of rotatable bonds is 8. The zero-order valence-corrected chi connectivity index (χ0v) is 16.1. The summed E-state index contributed by atoms with van der Waals surface area (Å²) >= 11 is 0. The van der Waals surface area contributed by atoms with Crippen molar-refractivity contribution in [3.63, 3.8) is 0 Å². The fourth-order valence-electron chi connectivity index (χ4n) is 2.55. The number of anilines is 1. The number of carboxylic acids is 1. The number of carbonyl (C=O) groups excluding carboxylic acids is 2. The van der Waals surface area contributed by atoms with Crippen molar-refractivity contribution in [2.75, 3.05) is 11.9 Å². The minimum atomic E-state index is -1.07. The van der Waals surface area contributed by atoms with E-state index in [1.165, 1.54) is 0 Å². The summed E-state index contributed by atoms with van der Waals surface area (Å²) in [5, 5.41) is 14.2. The van der Waals surface area contributed by atoms with Gasteiger partial charge in [0.2, 0.25) is 5.91 Å². The predicted molar refractivity (Wildman–Crippen MR) is 105 cm³/mol. The van der Waals surface area contributed by atoms with Crippen LogP contribution in [-0.2, 0) is 9.59 Å². The molecule has 0 fully saturated rings. The Morgan fingerprint density at radius 1 is 1.07 bits per heavy atom. The third-order valence-corrected chi connectivity index (χ3v) is 4.00. The Morgan fingerprint density at radius 3 is 2.32 bits per heavy atom. The number of aliphatic carboxylic acids is 1. The van der Waals surface area contributed by atoms with Crippen molar-refractivity contribution in [1.29, 1.82) is 0 Å². The van der Waals surface area contributed by atoms with Gasteiger partial charge in [-0.2, -0.15) is 0 Å². The first-order chi connectivity index (χ1) is 13.3. The van der Waals surface area contributed by atoms with Crippen molar-refractivity contribution in [3.8, 4) is 5.75 Å². The fourth-order valence-corrected chi connectivity index (χ4v) is 2.55. The first-order valence-corrected chi connectivity index (χ1v) is 8.89. The van der Waals surface area contributed by atoms with Crippen molar-refractivity contribution >= 4 is 23.5 Å². The molecule has 3 N–H and O–H groups in total. The summed E-state index contributed by atoms with van der Waals surface area (Å²) in [7, 11) is 0. The molecule has 0 saturated carbocycles. The molecule has 2 aromatic carbocycles. The van der Waals surface area contributed by atoms with E-state index in [2.05, 4.69) is 10.6 Å². The lowest BCUT2D eigenvalue weighted by Crippen LogP contribution is -2.47.